The number of aromatic hydroxyl groups is 1. The third kappa shape index (κ3) is 2.85. The third-order valence-electron chi connectivity index (χ3n) is 4.67. The summed E-state index contributed by atoms with van der Waals surface area (Å²) in [7, 11) is 0. The fourth-order valence-corrected chi connectivity index (χ4v) is 3.38. The number of aryl methyl sites for hydroxylation is 1. The molecule has 6 nitrogen and oxygen atoms in total. The number of phenols is 1. The second-order valence-corrected chi connectivity index (χ2v) is 6.56. The van der Waals surface area contributed by atoms with E-state index < -0.39 is 11.8 Å². The van der Waals surface area contributed by atoms with Crippen molar-refractivity contribution in [3.05, 3.63) is 70.9 Å². The van der Waals surface area contributed by atoms with Gasteiger partial charge in [0.15, 0.2) is 0 Å². The minimum atomic E-state index is -0.982. The molecule has 0 unspecified atom stereocenters. The summed E-state index contributed by atoms with van der Waals surface area (Å²) in [6.07, 6.45) is 1.67. The second kappa shape index (κ2) is 6.32. The van der Waals surface area contributed by atoms with Gasteiger partial charge < -0.3 is 19.5 Å². The van der Waals surface area contributed by atoms with Crippen molar-refractivity contribution in [1.29, 1.82) is 0 Å². The van der Waals surface area contributed by atoms with Gasteiger partial charge in [0.1, 0.15) is 18.1 Å². The van der Waals surface area contributed by atoms with Gasteiger partial charge in [-0.2, -0.15) is 0 Å². The number of aliphatic hydroxyl groups excluding tert-OH is 1. The molecular formula is C21H17NO5. The molecule has 4 rings (SSSR count). The van der Waals surface area contributed by atoms with Crippen LogP contribution in [-0.4, -0.2) is 33.1 Å². The topological polar surface area (TPSA) is 88.8 Å². The Morgan fingerprint density at radius 2 is 1.96 bits per heavy atom. The Balaban J connectivity index is 1.88. The number of aromatic nitrogens is 1. The number of hydrogen-bond acceptors (Lipinski definition) is 5. The number of benzene rings is 2. The summed E-state index contributed by atoms with van der Waals surface area (Å²) in [4.78, 5) is 23.3. The van der Waals surface area contributed by atoms with E-state index in [4.69, 9.17) is 4.74 Å². The number of ketones is 1. The van der Waals surface area contributed by atoms with Crippen LogP contribution in [0.2, 0.25) is 0 Å². The first-order valence-electron chi connectivity index (χ1n) is 8.46. The summed E-state index contributed by atoms with van der Waals surface area (Å²) in [6.45, 7) is 2.25. The molecule has 1 saturated heterocycles. The van der Waals surface area contributed by atoms with E-state index >= 15 is 0 Å². The molecule has 0 amide bonds. The summed E-state index contributed by atoms with van der Waals surface area (Å²) in [5, 5.41) is 21.4. The van der Waals surface area contributed by atoms with Crippen LogP contribution in [0.25, 0.3) is 16.7 Å². The first-order valence-corrected chi connectivity index (χ1v) is 8.46. The molecule has 27 heavy (non-hydrogen) atoms. The van der Waals surface area contributed by atoms with E-state index in [9.17, 15) is 19.8 Å². The molecule has 0 radical (unpaired) electrons. The van der Waals surface area contributed by atoms with Crippen molar-refractivity contribution in [3.8, 4) is 5.75 Å². The summed E-state index contributed by atoms with van der Waals surface area (Å²) >= 11 is 0. The summed E-state index contributed by atoms with van der Waals surface area (Å²) in [5.74, 6) is -2.21. The SMILES string of the molecule is Cc1cccc(Cn2cc(C(O)=C3COC(=O)C3=O)c3c(O)cccc32)c1. The molecule has 0 bridgehead atoms. The Hall–Kier alpha value is -3.54. The van der Waals surface area contributed by atoms with Gasteiger partial charge in [-0.25, -0.2) is 4.79 Å². The van der Waals surface area contributed by atoms with E-state index in [-0.39, 0.29) is 29.3 Å². The highest BCUT2D eigenvalue weighted by molar-refractivity contribution is 6.43. The van der Waals surface area contributed by atoms with E-state index in [0.717, 1.165) is 11.1 Å². The molecule has 6 heteroatoms. The lowest BCUT2D eigenvalue weighted by Crippen LogP contribution is -2.08. The van der Waals surface area contributed by atoms with E-state index in [1.54, 1.807) is 12.3 Å². The molecule has 0 atom stereocenters. The number of Topliss-reactive ketones (excluding diaryl/α,β-unsaturated/α-hetero) is 1. The van der Waals surface area contributed by atoms with Crippen LogP contribution in [0.3, 0.4) is 0 Å². The van der Waals surface area contributed by atoms with E-state index in [0.29, 0.717) is 17.4 Å². The lowest BCUT2D eigenvalue weighted by molar-refractivity contribution is -0.146. The van der Waals surface area contributed by atoms with Crippen molar-refractivity contribution in [3.63, 3.8) is 0 Å². The van der Waals surface area contributed by atoms with Gasteiger partial charge in [-0.1, -0.05) is 35.9 Å². The number of aliphatic hydroxyl groups is 1. The van der Waals surface area contributed by atoms with Crippen molar-refractivity contribution in [1.82, 2.24) is 4.57 Å². The highest BCUT2D eigenvalue weighted by Gasteiger charge is 2.33. The van der Waals surface area contributed by atoms with Crippen LogP contribution < -0.4 is 0 Å². The fraction of sp³-hybridized carbons (Fsp3) is 0.143. The molecule has 0 aliphatic carbocycles. The number of cyclic esters (lactones) is 1. The van der Waals surface area contributed by atoms with Gasteiger partial charge >= 0.3 is 5.97 Å². The zero-order chi connectivity index (χ0) is 19.1. The van der Waals surface area contributed by atoms with E-state index in [1.807, 2.05) is 35.8 Å². The van der Waals surface area contributed by atoms with Gasteiger partial charge in [-0.3, -0.25) is 4.79 Å². The lowest BCUT2D eigenvalue weighted by atomic mass is 10.1. The first kappa shape index (κ1) is 16.9. The number of rotatable bonds is 3. The summed E-state index contributed by atoms with van der Waals surface area (Å²) in [6, 6.07) is 13.1. The Kier molecular flexibility index (Phi) is 3.96. The van der Waals surface area contributed by atoms with Crippen LogP contribution in [0.1, 0.15) is 16.7 Å². The van der Waals surface area contributed by atoms with Gasteiger partial charge in [-0.05, 0) is 24.6 Å². The average Bonchev–Trinajstić information content (AvgIpc) is 3.17. The van der Waals surface area contributed by atoms with Crippen LogP contribution >= 0.6 is 0 Å². The Bertz CT molecular complexity index is 1120. The second-order valence-electron chi connectivity index (χ2n) is 6.56. The monoisotopic (exact) mass is 363 g/mol. The van der Waals surface area contributed by atoms with Crippen molar-refractivity contribution in [2.24, 2.45) is 0 Å². The average molecular weight is 363 g/mol. The minimum Gasteiger partial charge on any atom is -0.507 e. The molecule has 0 spiro atoms. The molecule has 0 saturated carbocycles. The maximum absolute atomic E-state index is 11.9. The fourth-order valence-electron chi connectivity index (χ4n) is 3.38. The molecule has 3 aromatic rings. The maximum Gasteiger partial charge on any atom is 0.379 e. The number of ether oxygens (including phenoxy) is 1. The van der Waals surface area contributed by atoms with Crippen LogP contribution in [0.5, 0.6) is 5.75 Å². The van der Waals surface area contributed by atoms with Crippen molar-refractivity contribution in [2.75, 3.05) is 6.61 Å². The number of phenolic OH excluding ortho intramolecular Hbond substituents is 1. The Morgan fingerprint density at radius 1 is 1.19 bits per heavy atom. The predicted octanol–water partition coefficient (Wildman–Crippen LogP) is 3.10. The molecule has 1 aliphatic heterocycles. The molecule has 2 heterocycles. The van der Waals surface area contributed by atoms with Gasteiger partial charge in [0.05, 0.1) is 16.5 Å². The van der Waals surface area contributed by atoms with Crippen LogP contribution in [0.4, 0.5) is 0 Å². The van der Waals surface area contributed by atoms with Gasteiger partial charge in [0, 0.05) is 18.3 Å². The van der Waals surface area contributed by atoms with Crippen molar-refractivity contribution >= 4 is 28.4 Å². The van der Waals surface area contributed by atoms with Gasteiger partial charge in [-0.15, -0.1) is 0 Å². The number of hydrogen-bond donors (Lipinski definition) is 2. The van der Waals surface area contributed by atoms with Crippen LogP contribution in [-0.2, 0) is 20.9 Å². The van der Waals surface area contributed by atoms with Crippen LogP contribution in [0, 0.1) is 6.92 Å². The number of carbonyl (C=O) groups is 2. The Morgan fingerprint density at radius 3 is 2.67 bits per heavy atom. The van der Waals surface area contributed by atoms with Crippen molar-refractivity contribution < 1.29 is 24.5 Å². The van der Waals surface area contributed by atoms with E-state index in [1.165, 1.54) is 6.07 Å². The van der Waals surface area contributed by atoms with Gasteiger partial charge in [0.25, 0.3) is 5.78 Å². The molecule has 136 valence electrons. The predicted molar refractivity (Wildman–Crippen MR) is 99.4 cm³/mol. The number of esters is 1. The first-order chi connectivity index (χ1) is 13.0. The van der Waals surface area contributed by atoms with Crippen LogP contribution in [0.15, 0.2) is 54.2 Å². The van der Waals surface area contributed by atoms with Crippen molar-refractivity contribution in [2.45, 2.75) is 13.5 Å². The maximum atomic E-state index is 11.9. The quantitative estimate of drug-likeness (QED) is 0.323. The van der Waals surface area contributed by atoms with Gasteiger partial charge in [0.2, 0.25) is 0 Å². The number of carbonyl (C=O) groups excluding carboxylic acids is 2. The number of fused-ring (bicyclic) bond motifs is 1. The zero-order valence-electron chi connectivity index (χ0n) is 14.6. The smallest absolute Gasteiger partial charge is 0.379 e. The molecule has 2 aromatic carbocycles. The zero-order valence-corrected chi connectivity index (χ0v) is 14.6. The minimum absolute atomic E-state index is 0.0182. The number of nitrogens with zero attached hydrogens (tertiary/aromatic N) is 1. The summed E-state index contributed by atoms with van der Waals surface area (Å²) in [5.41, 5.74) is 3.08. The largest absolute Gasteiger partial charge is 0.507 e. The highest BCUT2D eigenvalue weighted by Crippen LogP contribution is 2.35. The highest BCUT2D eigenvalue weighted by atomic mass is 16.5. The molecule has 1 fully saturated rings. The summed E-state index contributed by atoms with van der Waals surface area (Å²) < 4.78 is 6.59. The molecule has 1 aromatic heterocycles. The Labute approximate surface area is 154 Å². The molecular weight excluding hydrogens is 346 g/mol. The lowest BCUT2D eigenvalue weighted by Gasteiger charge is -2.06. The normalized spacial score (nSPS) is 16.0. The third-order valence-corrected chi connectivity index (χ3v) is 4.67. The molecule has 1 aliphatic rings. The van der Waals surface area contributed by atoms with E-state index in [2.05, 4.69) is 6.07 Å². The molecule has 2 N–H and O–H groups in total. The standard InChI is InChI=1S/C21H17NO5/c1-12-4-2-5-13(8-12)9-22-10-14(18-16(22)6-3-7-17(18)23)19(24)15-11-27-21(26)20(15)25/h2-8,10,23-24H,9,11H2,1H3.